The molecule has 2 aromatic heterocycles. The number of aromatic amines is 1. The van der Waals surface area contributed by atoms with E-state index < -0.39 is 0 Å². The fourth-order valence-electron chi connectivity index (χ4n) is 0.880. The van der Waals surface area contributed by atoms with Gasteiger partial charge in [-0.1, -0.05) is 0 Å². The van der Waals surface area contributed by atoms with E-state index in [0.29, 0.717) is 17.0 Å². The molecule has 0 saturated heterocycles. The molecule has 55 valence electrons. The molecule has 0 unspecified atom stereocenters. The zero-order chi connectivity index (χ0) is 7.68. The average molecular weight is 149 g/mol. The van der Waals surface area contributed by atoms with Crippen LogP contribution >= 0.6 is 0 Å². The van der Waals surface area contributed by atoms with E-state index in [0.717, 1.165) is 0 Å². The van der Waals surface area contributed by atoms with Crippen molar-refractivity contribution in [2.45, 2.75) is 6.61 Å². The van der Waals surface area contributed by atoms with Gasteiger partial charge in [-0.3, -0.25) is 0 Å². The predicted molar refractivity (Wildman–Crippen MR) is 36.1 cm³/mol. The first kappa shape index (κ1) is 6.23. The molecule has 0 atom stereocenters. The zero-order valence-electron chi connectivity index (χ0n) is 5.61. The summed E-state index contributed by atoms with van der Waals surface area (Å²) in [5, 5.41) is 10.4. The molecule has 0 fully saturated rings. The van der Waals surface area contributed by atoms with Crippen LogP contribution in [-0.4, -0.2) is 19.9 Å². The molecule has 5 heteroatoms. The summed E-state index contributed by atoms with van der Waals surface area (Å²) in [5.74, 6) is 0.403. The SMILES string of the molecule is [O]Cc1nc2ncncc2[nH]1. The van der Waals surface area contributed by atoms with Crippen LogP contribution in [0.3, 0.4) is 0 Å². The number of nitrogens with one attached hydrogen (secondary N) is 1. The lowest BCUT2D eigenvalue weighted by Crippen LogP contribution is -1.81. The molecular weight excluding hydrogens is 144 g/mol. The zero-order valence-corrected chi connectivity index (χ0v) is 5.61. The number of aromatic nitrogens is 4. The minimum atomic E-state index is -0.351. The van der Waals surface area contributed by atoms with E-state index in [2.05, 4.69) is 19.9 Å². The minimum absolute atomic E-state index is 0.351. The van der Waals surface area contributed by atoms with Crippen LogP contribution in [0.1, 0.15) is 5.82 Å². The van der Waals surface area contributed by atoms with Crippen LogP contribution in [0.4, 0.5) is 0 Å². The molecule has 5 nitrogen and oxygen atoms in total. The second-order valence-electron chi connectivity index (χ2n) is 2.09. The Balaban J connectivity index is 2.69. The van der Waals surface area contributed by atoms with Crippen molar-refractivity contribution in [3.63, 3.8) is 0 Å². The molecule has 0 aliphatic rings. The van der Waals surface area contributed by atoms with Crippen LogP contribution in [0.2, 0.25) is 0 Å². The Morgan fingerprint density at radius 2 is 2.45 bits per heavy atom. The van der Waals surface area contributed by atoms with Crippen molar-refractivity contribution in [2.75, 3.05) is 0 Å². The second kappa shape index (κ2) is 2.28. The number of nitrogens with zero attached hydrogens (tertiary/aromatic N) is 3. The van der Waals surface area contributed by atoms with Crippen molar-refractivity contribution < 1.29 is 5.11 Å². The summed E-state index contributed by atoms with van der Waals surface area (Å²) in [4.78, 5) is 14.3. The molecular formula is C6H5N4O. The quantitative estimate of drug-likeness (QED) is 0.632. The van der Waals surface area contributed by atoms with Gasteiger partial charge in [0.25, 0.3) is 0 Å². The van der Waals surface area contributed by atoms with E-state index in [4.69, 9.17) is 0 Å². The first-order chi connectivity index (χ1) is 5.40. The molecule has 0 amide bonds. The van der Waals surface area contributed by atoms with E-state index in [1.807, 2.05) is 0 Å². The fraction of sp³-hybridized carbons (Fsp3) is 0.167. The van der Waals surface area contributed by atoms with E-state index in [1.54, 1.807) is 6.20 Å². The molecule has 2 rings (SSSR count). The largest absolute Gasteiger partial charge is 0.337 e. The Hall–Kier alpha value is -1.49. The average Bonchev–Trinajstić information content (AvgIpc) is 2.46. The van der Waals surface area contributed by atoms with Gasteiger partial charge in [-0.05, 0) is 0 Å². The minimum Gasteiger partial charge on any atom is -0.337 e. The van der Waals surface area contributed by atoms with Crippen LogP contribution < -0.4 is 0 Å². The summed E-state index contributed by atoms with van der Waals surface area (Å²) < 4.78 is 0. The number of imidazole rings is 1. The molecule has 1 radical (unpaired) electrons. The summed E-state index contributed by atoms with van der Waals surface area (Å²) in [6, 6.07) is 0. The number of fused-ring (bicyclic) bond motifs is 1. The summed E-state index contributed by atoms with van der Waals surface area (Å²) in [6.07, 6.45) is 2.99. The van der Waals surface area contributed by atoms with E-state index in [1.165, 1.54) is 6.33 Å². The summed E-state index contributed by atoms with van der Waals surface area (Å²) >= 11 is 0. The van der Waals surface area contributed by atoms with Gasteiger partial charge in [0.15, 0.2) is 5.65 Å². The molecule has 11 heavy (non-hydrogen) atoms. The summed E-state index contributed by atoms with van der Waals surface area (Å²) in [7, 11) is 0. The third kappa shape index (κ3) is 0.947. The third-order valence-corrected chi connectivity index (χ3v) is 1.35. The van der Waals surface area contributed by atoms with Crippen LogP contribution in [0.15, 0.2) is 12.5 Å². The standard InChI is InChI=1S/C6H5N4O/c11-2-5-9-4-1-7-3-8-6(4)10-5/h1,3H,2H2,(H,7,8,9,10). The van der Waals surface area contributed by atoms with Crippen molar-refractivity contribution in [3.8, 4) is 0 Å². The monoisotopic (exact) mass is 149 g/mol. The molecule has 0 spiro atoms. The Morgan fingerprint density at radius 1 is 1.55 bits per heavy atom. The van der Waals surface area contributed by atoms with Gasteiger partial charge in [-0.2, -0.15) is 0 Å². The predicted octanol–water partition coefficient (Wildman–Crippen LogP) is 0.283. The van der Waals surface area contributed by atoms with Gasteiger partial charge in [0.1, 0.15) is 24.3 Å². The van der Waals surface area contributed by atoms with E-state index in [-0.39, 0.29) is 6.61 Å². The van der Waals surface area contributed by atoms with Crippen LogP contribution in [0.25, 0.3) is 11.2 Å². The second-order valence-corrected chi connectivity index (χ2v) is 2.09. The summed E-state index contributed by atoms with van der Waals surface area (Å²) in [5.41, 5.74) is 1.25. The number of rotatable bonds is 1. The van der Waals surface area contributed by atoms with Gasteiger partial charge in [0.05, 0.1) is 6.20 Å². The number of H-pyrrole nitrogens is 1. The van der Waals surface area contributed by atoms with E-state index >= 15 is 0 Å². The van der Waals surface area contributed by atoms with Crippen molar-refractivity contribution in [1.82, 2.24) is 19.9 Å². The molecule has 0 aromatic carbocycles. The highest BCUT2D eigenvalue weighted by Gasteiger charge is 2.00. The highest BCUT2D eigenvalue weighted by Crippen LogP contribution is 2.04. The number of hydrogen-bond acceptors (Lipinski definition) is 3. The lowest BCUT2D eigenvalue weighted by atomic mass is 10.6. The van der Waals surface area contributed by atoms with Crippen LogP contribution in [-0.2, 0) is 11.7 Å². The normalized spacial score (nSPS) is 10.6. The van der Waals surface area contributed by atoms with Crippen molar-refractivity contribution in [2.24, 2.45) is 0 Å². The first-order valence-electron chi connectivity index (χ1n) is 3.13. The van der Waals surface area contributed by atoms with Gasteiger partial charge >= 0.3 is 0 Å². The smallest absolute Gasteiger partial charge is 0.180 e. The van der Waals surface area contributed by atoms with Gasteiger partial charge in [0.2, 0.25) is 0 Å². The van der Waals surface area contributed by atoms with Gasteiger partial charge < -0.3 is 4.98 Å². The first-order valence-corrected chi connectivity index (χ1v) is 3.13. The Morgan fingerprint density at radius 3 is 3.18 bits per heavy atom. The molecule has 0 aliphatic carbocycles. The van der Waals surface area contributed by atoms with Crippen LogP contribution in [0.5, 0.6) is 0 Å². The highest BCUT2D eigenvalue weighted by atomic mass is 16.3. The molecule has 1 N–H and O–H groups in total. The lowest BCUT2D eigenvalue weighted by Gasteiger charge is -1.80. The Kier molecular flexibility index (Phi) is 1.29. The number of hydrogen-bond donors (Lipinski definition) is 1. The van der Waals surface area contributed by atoms with Crippen molar-refractivity contribution in [3.05, 3.63) is 18.3 Å². The van der Waals surface area contributed by atoms with Gasteiger partial charge in [-0.25, -0.2) is 20.1 Å². The van der Waals surface area contributed by atoms with Crippen molar-refractivity contribution >= 4 is 11.2 Å². The molecule has 0 saturated carbocycles. The fourth-order valence-corrected chi connectivity index (χ4v) is 0.880. The molecule has 2 heterocycles. The Labute approximate surface area is 62.1 Å². The summed E-state index contributed by atoms with van der Waals surface area (Å²) in [6.45, 7) is -0.351. The maximum atomic E-state index is 10.4. The van der Waals surface area contributed by atoms with Crippen LogP contribution in [0, 0.1) is 0 Å². The van der Waals surface area contributed by atoms with Crippen molar-refractivity contribution in [1.29, 1.82) is 0 Å². The third-order valence-electron chi connectivity index (χ3n) is 1.35. The molecule has 0 bridgehead atoms. The maximum Gasteiger partial charge on any atom is 0.180 e. The molecule has 0 aliphatic heterocycles. The topological polar surface area (TPSA) is 74.4 Å². The van der Waals surface area contributed by atoms with Gasteiger partial charge in [0, 0.05) is 0 Å². The van der Waals surface area contributed by atoms with E-state index in [9.17, 15) is 5.11 Å². The maximum absolute atomic E-state index is 10.4. The lowest BCUT2D eigenvalue weighted by molar-refractivity contribution is 0.171. The molecule has 2 aromatic rings. The van der Waals surface area contributed by atoms with Gasteiger partial charge in [-0.15, -0.1) is 0 Å². The highest BCUT2D eigenvalue weighted by molar-refractivity contribution is 5.68. The Bertz CT molecular complexity index is 336.